The van der Waals surface area contributed by atoms with Crippen molar-refractivity contribution in [2.24, 2.45) is 0 Å². The molecule has 1 aromatic carbocycles. The van der Waals surface area contributed by atoms with Crippen LogP contribution in [-0.2, 0) is 14.3 Å². The van der Waals surface area contributed by atoms with E-state index in [0.29, 0.717) is 0 Å². The van der Waals surface area contributed by atoms with E-state index in [4.69, 9.17) is 17.0 Å². The van der Waals surface area contributed by atoms with Crippen molar-refractivity contribution in [1.82, 2.24) is 4.90 Å². The summed E-state index contributed by atoms with van der Waals surface area (Å²) in [7, 11) is 2.45. The summed E-state index contributed by atoms with van der Waals surface area (Å²) in [6.45, 7) is 1.48. The fraction of sp³-hybridized carbons (Fsp3) is 0.267. The predicted molar refractivity (Wildman–Crippen MR) is 97.8 cm³/mol. The highest BCUT2D eigenvalue weighted by atomic mass is 32.2. The summed E-state index contributed by atoms with van der Waals surface area (Å²) in [4.78, 5) is 35.8. The van der Waals surface area contributed by atoms with Crippen LogP contribution < -0.4 is 4.74 Å². The Balaban J connectivity index is 2.43. The maximum Gasteiger partial charge on any atom is 0.328 e. The van der Waals surface area contributed by atoms with Crippen LogP contribution in [0, 0.1) is 10.1 Å². The Labute approximate surface area is 157 Å². The van der Waals surface area contributed by atoms with Crippen LogP contribution >= 0.6 is 24.0 Å². The normalized spacial score (nSPS) is 16.7. The number of methoxy groups -OCH3 is 2. The van der Waals surface area contributed by atoms with Crippen molar-refractivity contribution in [3.8, 4) is 11.5 Å². The van der Waals surface area contributed by atoms with E-state index in [1.807, 2.05) is 0 Å². The molecule has 1 amide bonds. The summed E-state index contributed by atoms with van der Waals surface area (Å²) in [5.41, 5.74) is -0.299. The van der Waals surface area contributed by atoms with Gasteiger partial charge in [-0.05, 0) is 24.6 Å². The molecule has 1 atom stereocenters. The summed E-state index contributed by atoms with van der Waals surface area (Å²) in [5, 5.41) is 20.9. The molecule has 0 bridgehead atoms. The molecule has 138 valence electrons. The average molecular weight is 398 g/mol. The second-order valence-corrected chi connectivity index (χ2v) is 6.77. The number of hydrogen-bond donors (Lipinski definition) is 1. The minimum Gasteiger partial charge on any atom is -0.500 e. The number of carbonyl (C=O) groups excluding carboxylic acids is 2. The number of nitro benzene ring substituents is 1. The SMILES string of the molecule is COC(=O)C(C)N1C(=O)/C(=C/c2cc(OC)c(O)c([N+](=O)[O-])c2)SC1=S. The second-order valence-electron chi connectivity index (χ2n) is 5.10. The van der Waals surface area contributed by atoms with Crippen molar-refractivity contribution in [3.05, 3.63) is 32.7 Å². The topological polar surface area (TPSA) is 119 Å². The first-order chi connectivity index (χ1) is 12.2. The molecule has 1 heterocycles. The number of nitro groups is 1. The van der Waals surface area contributed by atoms with Crippen LogP contribution in [0.2, 0.25) is 0 Å². The molecule has 9 nitrogen and oxygen atoms in total. The number of nitrogens with zero attached hydrogens (tertiary/aromatic N) is 2. The van der Waals surface area contributed by atoms with E-state index in [2.05, 4.69) is 4.74 Å². The number of aromatic hydroxyl groups is 1. The number of thioether (sulfide) groups is 1. The highest BCUT2D eigenvalue weighted by molar-refractivity contribution is 8.26. The summed E-state index contributed by atoms with van der Waals surface area (Å²) in [5.74, 6) is -1.86. The standard InChI is InChI=1S/C15H14N2O7S2/c1-7(14(20)24-3)16-13(19)11(26-15(16)25)6-8-4-9(17(21)22)12(18)10(5-8)23-2/h4-7,18H,1-3H3/b11-6-. The van der Waals surface area contributed by atoms with Gasteiger partial charge in [-0.1, -0.05) is 24.0 Å². The Morgan fingerprint density at radius 1 is 1.46 bits per heavy atom. The van der Waals surface area contributed by atoms with Crippen LogP contribution in [0.15, 0.2) is 17.0 Å². The van der Waals surface area contributed by atoms with Gasteiger partial charge in [0, 0.05) is 6.07 Å². The Morgan fingerprint density at radius 3 is 2.65 bits per heavy atom. The zero-order chi connectivity index (χ0) is 19.6. The van der Waals surface area contributed by atoms with Crippen LogP contribution in [-0.4, -0.2) is 51.4 Å². The first-order valence-electron chi connectivity index (χ1n) is 7.11. The van der Waals surface area contributed by atoms with E-state index in [1.54, 1.807) is 0 Å². The van der Waals surface area contributed by atoms with E-state index in [0.717, 1.165) is 22.7 Å². The molecule has 11 heteroatoms. The van der Waals surface area contributed by atoms with Crippen molar-refractivity contribution in [3.63, 3.8) is 0 Å². The molecule has 0 spiro atoms. The third-order valence-electron chi connectivity index (χ3n) is 3.54. The first kappa shape index (κ1) is 19.7. The zero-order valence-electron chi connectivity index (χ0n) is 13.9. The molecule has 0 saturated carbocycles. The van der Waals surface area contributed by atoms with Crippen LogP contribution in [0.3, 0.4) is 0 Å². The van der Waals surface area contributed by atoms with Gasteiger partial charge in [-0.15, -0.1) is 0 Å². The number of hydrogen-bond acceptors (Lipinski definition) is 9. The Kier molecular flexibility index (Phi) is 5.83. The molecular weight excluding hydrogens is 384 g/mol. The summed E-state index contributed by atoms with van der Waals surface area (Å²) < 4.78 is 9.71. The number of phenols is 1. The minimum absolute atomic E-state index is 0.108. The van der Waals surface area contributed by atoms with E-state index >= 15 is 0 Å². The van der Waals surface area contributed by atoms with Gasteiger partial charge in [0.05, 0.1) is 24.0 Å². The molecule has 1 aromatic rings. The number of thiocarbonyl (C=S) groups is 1. The third-order valence-corrected chi connectivity index (χ3v) is 4.88. The monoisotopic (exact) mass is 398 g/mol. The molecule has 0 aliphatic carbocycles. The molecule has 1 aliphatic rings. The van der Waals surface area contributed by atoms with Gasteiger partial charge in [0.25, 0.3) is 5.91 Å². The molecule has 26 heavy (non-hydrogen) atoms. The van der Waals surface area contributed by atoms with Crippen molar-refractivity contribution in [2.75, 3.05) is 14.2 Å². The lowest BCUT2D eigenvalue weighted by Crippen LogP contribution is -2.42. The molecule has 1 unspecified atom stereocenters. The number of amides is 1. The first-order valence-corrected chi connectivity index (χ1v) is 8.34. The van der Waals surface area contributed by atoms with E-state index in [-0.39, 0.29) is 20.5 Å². The van der Waals surface area contributed by atoms with Gasteiger partial charge in [-0.25, -0.2) is 4.79 Å². The number of carbonyl (C=O) groups is 2. The average Bonchev–Trinajstić information content (AvgIpc) is 2.88. The lowest BCUT2D eigenvalue weighted by molar-refractivity contribution is -0.386. The molecule has 0 radical (unpaired) electrons. The van der Waals surface area contributed by atoms with Gasteiger partial charge < -0.3 is 14.6 Å². The Bertz CT molecular complexity index is 838. The van der Waals surface area contributed by atoms with Crippen molar-refractivity contribution < 1.29 is 29.1 Å². The van der Waals surface area contributed by atoms with Gasteiger partial charge in [0.2, 0.25) is 5.75 Å². The second kappa shape index (κ2) is 7.70. The van der Waals surface area contributed by atoms with Crippen LogP contribution in [0.5, 0.6) is 11.5 Å². The van der Waals surface area contributed by atoms with E-state index < -0.39 is 34.3 Å². The largest absolute Gasteiger partial charge is 0.500 e. The number of rotatable bonds is 5. The number of ether oxygens (including phenoxy) is 2. The predicted octanol–water partition coefficient (Wildman–Crippen LogP) is 2.07. The zero-order valence-corrected chi connectivity index (χ0v) is 15.6. The summed E-state index contributed by atoms with van der Waals surface area (Å²) in [6, 6.07) is 1.55. The highest BCUT2D eigenvalue weighted by Crippen LogP contribution is 2.39. The quantitative estimate of drug-likeness (QED) is 0.261. The Morgan fingerprint density at radius 2 is 2.12 bits per heavy atom. The van der Waals surface area contributed by atoms with E-state index in [1.165, 1.54) is 33.3 Å². The van der Waals surface area contributed by atoms with Crippen LogP contribution in [0.25, 0.3) is 6.08 Å². The molecule has 1 fully saturated rings. The smallest absolute Gasteiger partial charge is 0.328 e. The lowest BCUT2D eigenvalue weighted by Gasteiger charge is -2.20. The minimum atomic E-state index is -0.901. The van der Waals surface area contributed by atoms with Gasteiger partial charge in [0.15, 0.2) is 5.75 Å². The molecule has 1 saturated heterocycles. The number of benzene rings is 1. The molecule has 0 aromatic heterocycles. The molecule has 2 rings (SSSR count). The van der Waals surface area contributed by atoms with Gasteiger partial charge in [-0.2, -0.15) is 0 Å². The van der Waals surface area contributed by atoms with E-state index in [9.17, 15) is 24.8 Å². The van der Waals surface area contributed by atoms with Gasteiger partial charge >= 0.3 is 11.7 Å². The van der Waals surface area contributed by atoms with Crippen molar-refractivity contribution in [2.45, 2.75) is 13.0 Å². The lowest BCUT2D eigenvalue weighted by atomic mass is 10.1. The van der Waals surface area contributed by atoms with Crippen LogP contribution in [0.1, 0.15) is 12.5 Å². The van der Waals surface area contributed by atoms with Crippen molar-refractivity contribution >= 4 is 51.9 Å². The molecule has 1 aliphatic heterocycles. The third kappa shape index (κ3) is 3.63. The fourth-order valence-corrected chi connectivity index (χ4v) is 3.65. The summed E-state index contributed by atoms with van der Waals surface area (Å²) >= 11 is 6.09. The Hall–Kier alpha value is -2.66. The van der Waals surface area contributed by atoms with Crippen LogP contribution in [0.4, 0.5) is 5.69 Å². The fourth-order valence-electron chi connectivity index (χ4n) is 2.23. The number of esters is 1. The van der Waals surface area contributed by atoms with Gasteiger partial charge in [-0.3, -0.25) is 19.8 Å². The number of phenolic OH excluding ortho intramolecular Hbond substituents is 1. The maximum atomic E-state index is 12.5. The molecule has 1 N–H and O–H groups in total. The van der Waals surface area contributed by atoms with Gasteiger partial charge in [0.1, 0.15) is 10.4 Å². The van der Waals surface area contributed by atoms with Crippen molar-refractivity contribution in [1.29, 1.82) is 0 Å². The molecular formula is C15H14N2O7S2. The summed E-state index contributed by atoms with van der Waals surface area (Å²) in [6.07, 6.45) is 1.37. The highest BCUT2D eigenvalue weighted by Gasteiger charge is 2.38. The maximum absolute atomic E-state index is 12.5.